The molecule has 0 bridgehead atoms. The topological polar surface area (TPSA) is 66.8 Å². The molecule has 0 aromatic carbocycles. The molecule has 0 fully saturated rings. The molecule has 7 heteroatoms. The van der Waals surface area contributed by atoms with Crippen LogP contribution < -0.4 is 0 Å². The van der Waals surface area contributed by atoms with Crippen molar-refractivity contribution in [1.29, 1.82) is 0 Å². The van der Waals surface area contributed by atoms with Crippen LogP contribution in [0.1, 0.15) is 6.92 Å². The van der Waals surface area contributed by atoms with Gasteiger partial charge in [-0.3, -0.25) is 4.55 Å². The highest BCUT2D eigenvalue weighted by molar-refractivity contribution is 7.81. The first-order chi connectivity index (χ1) is 5.35. The summed E-state index contributed by atoms with van der Waals surface area (Å²) >= 11 is 0. The van der Waals surface area contributed by atoms with E-state index in [4.69, 9.17) is 4.55 Å². The highest BCUT2D eigenvalue weighted by Crippen LogP contribution is 1.99. The van der Waals surface area contributed by atoms with Crippen LogP contribution in [0.5, 0.6) is 0 Å². The summed E-state index contributed by atoms with van der Waals surface area (Å²) in [6.07, 6.45) is 1.01. The van der Waals surface area contributed by atoms with E-state index in [0.717, 1.165) is 0 Å². The van der Waals surface area contributed by atoms with E-state index in [1.165, 1.54) is 0 Å². The number of hydrogen-bond donors (Lipinski definition) is 1. The Bertz CT molecular complexity index is 215. The molecule has 0 amide bonds. The van der Waals surface area contributed by atoms with Crippen LogP contribution in [-0.4, -0.2) is 45.3 Å². The second-order valence-electron chi connectivity index (χ2n) is 2.82. The molecule has 0 saturated heterocycles. The molecule has 0 unspecified atom stereocenters. The summed E-state index contributed by atoms with van der Waals surface area (Å²) < 4.78 is 33.3. The Hall–Kier alpha value is -0.105. The zero-order chi connectivity index (χ0) is 9.78. The third-order valence-corrected chi connectivity index (χ3v) is 1.80. The molecule has 0 rings (SSSR count). The van der Waals surface area contributed by atoms with Gasteiger partial charge in [-0.15, -0.1) is 0 Å². The van der Waals surface area contributed by atoms with Crippen LogP contribution in [0.4, 0.5) is 0 Å². The lowest BCUT2D eigenvalue weighted by Crippen LogP contribution is -2.33. The van der Waals surface area contributed by atoms with Crippen molar-refractivity contribution in [3.05, 3.63) is 0 Å². The standard InChI is InChI=1S/C5H14BNO4S/c1-4-6(5-7(2)3)11-12(8,9)10/h4-5H2,1-3H3,(H,8,9,10). The lowest BCUT2D eigenvalue weighted by molar-refractivity contribution is 0.375. The monoisotopic (exact) mass is 195 g/mol. The summed E-state index contributed by atoms with van der Waals surface area (Å²) in [5.74, 6) is 0. The molecular weight excluding hydrogens is 181 g/mol. The fourth-order valence-corrected chi connectivity index (χ4v) is 1.35. The number of hydrogen-bond acceptors (Lipinski definition) is 4. The van der Waals surface area contributed by atoms with E-state index in [1.807, 2.05) is 0 Å². The van der Waals surface area contributed by atoms with Gasteiger partial charge in [0, 0.05) is 6.44 Å². The molecule has 0 aliphatic rings. The van der Waals surface area contributed by atoms with Gasteiger partial charge >= 0.3 is 17.3 Å². The normalized spacial score (nSPS) is 12.1. The van der Waals surface area contributed by atoms with Gasteiger partial charge in [-0.2, -0.15) is 8.42 Å². The van der Waals surface area contributed by atoms with Crippen LogP contribution in [0, 0.1) is 0 Å². The van der Waals surface area contributed by atoms with E-state index in [0.29, 0.717) is 12.8 Å². The maximum absolute atomic E-state index is 10.3. The molecule has 5 nitrogen and oxygen atoms in total. The third kappa shape index (κ3) is 6.60. The molecular formula is C5H14BNO4S. The Morgan fingerprint density at radius 2 is 2.00 bits per heavy atom. The zero-order valence-corrected chi connectivity index (χ0v) is 8.34. The van der Waals surface area contributed by atoms with Crippen molar-refractivity contribution in [2.45, 2.75) is 13.2 Å². The molecule has 0 aliphatic heterocycles. The minimum atomic E-state index is -4.31. The van der Waals surface area contributed by atoms with Gasteiger partial charge in [0.15, 0.2) is 0 Å². The zero-order valence-electron chi connectivity index (χ0n) is 7.52. The smallest absolute Gasteiger partial charge is 0.314 e. The largest absolute Gasteiger partial charge is 0.383 e. The quantitative estimate of drug-likeness (QED) is 0.490. The Kier molecular flexibility index (Phi) is 4.77. The first-order valence-corrected chi connectivity index (χ1v) is 5.02. The Morgan fingerprint density at radius 3 is 2.25 bits per heavy atom. The van der Waals surface area contributed by atoms with Crippen molar-refractivity contribution in [1.82, 2.24) is 4.90 Å². The van der Waals surface area contributed by atoms with Crippen LogP contribution in [0.25, 0.3) is 0 Å². The van der Waals surface area contributed by atoms with E-state index in [1.54, 1.807) is 25.9 Å². The van der Waals surface area contributed by atoms with E-state index in [-0.39, 0.29) is 0 Å². The molecule has 0 radical (unpaired) electrons. The average Bonchev–Trinajstić information content (AvgIpc) is 1.82. The Labute approximate surface area is 73.8 Å². The van der Waals surface area contributed by atoms with Crippen molar-refractivity contribution < 1.29 is 17.1 Å². The van der Waals surface area contributed by atoms with Gasteiger partial charge in [0.2, 0.25) is 0 Å². The molecule has 0 spiro atoms. The van der Waals surface area contributed by atoms with Gasteiger partial charge in [-0.25, -0.2) is 0 Å². The SMILES string of the molecule is CCB(CN(C)C)OS(=O)(=O)O. The summed E-state index contributed by atoms with van der Waals surface area (Å²) in [5, 5.41) is 0. The summed E-state index contributed by atoms with van der Waals surface area (Å²) in [6, 6.07) is 0. The van der Waals surface area contributed by atoms with Crippen molar-refractivity contribution in [3.8, 4) is 0 Å². The first-order valence-electron chi connectivity index (χ1n) is 3.65. The van der Waals surface area contributed by atoms with Crippen LogP contribution in [0.3, 0.4) is 0 Å². The summed E-state index contributed by atoms with van der Waals surface area (Å²) in [4.78, 5) is 1.79. The third-order valence-electron chi connectivity index (χ3n) is 1.28. The molecule has 12 heavy (non-hydrogen) atoms. The average molecular weight is 195 g/mol. The van der Waals surface area contributed by atoms with Crippen molar-refractivity contribution >= 4 is 17.3 Å². The first kappa shape index (κ1) is 11.9. The Morgan fingerprint density at radius 1 is 1.50 bits per heavy atom. The lowest BCUT2D eigenvalue weighted by atomic mass is 9.65. The van der Waals surface area contributed by atoms with Gasteiger partial charge < -0.3 is 9.00 Å². The molecule has 72 valence electrons. The molecule has 0 saturated carbocycles. The van der Waals surface area contributed by atoms with Gasteiger partial charge in [0.25, 0.3) is 0 Å². The van der Waals surface area contributed by atoms with E-state index in [2.05, 4.69) is 4.10 Å². The van der Waals surface area contributed by atoms with Gasteiger partial charge in [0.05, 0.1) is 0 Å². The fraction of sp³-hybridized carbons (Fsp3) is 1.00. The summed E-state index contributed by atoms with van der Waals surface area (Å²) in [6.45, 7) is 1.31. The van der Waals surface area contributed by atoms with Crippen molar-refractivity contribution in [2.75, 3.05) is 20.5 Å². The molecule has 0 aromatic heterocycles. The van der Waals surface area contributed by atoms with Crippen LogP contribution in [0.15, 0.2) is 0 Å². The molecule has 0 aliphatic carbocycles. The van der Waals surface area contributed by atoms with Crippen molar-refractivity contribution in [3.63, 3.8) is 0 Å². The second kappa shape index (κ2) is 4.81. The highest BCUT2D eigenvalue weighted by Gasteiger charge is 2.20. The number of nitrogens with zero attached hydrogens (tertiary/aromatic N) is 1. The molecule has 0 aromatic rings. The summed E-state index contributed by atoms with van der Waals surface area (Å²) in [5.41, 5.74) is 0. The summed E-state index contributed by atoms with van der Waals surface area (Å²) in [7, 11) is -0.705. The molecule has 0 atom stereocenters. The Balaban J connectivity index is 4.01. The fourth-order valence-electron chi connectivity index (χ4n) is 0.807. The van der Waals surface area contributed by atoms with Crippen LogP contribution in [0.2, 0.25) is 6.32 Å². The number of rotatable bonds is 5. The van der Waals surface area contributed by atoms with E-state index >= 15 is 0 Å². The van der Waals surface area contributed by atoms with Gasteiger partial charge in [-0.1, -0.05) is 6.92 Å². The van der Waals surface area contributed by atoms with Gasteiger partial charge in [-0.05, 0) is 20.4 Å². The van der Waals surface area contributed by atoms with Crippen molar-refractivity contribution in [2.24, 2.45) is 0 Å². The van der Waals surface area contributed by atoms with Crippen LogP contribution >= 0.6 is 0 Å². The minimum absolute atomic E-state index is 0.469. The highest BCUT2D eigenvalue weighted by atomic mass is 32.3. The second-order valence-corrected chi connectivity index (χ2v) is 3.86. The van der Waals surface area contributed by atoms with Crippen LogP contribution in [-0.2, 0) is 14.5 Å². The van der Waals surface area contributed by atoms with E-state index < -0.39 is 17.3 Å². The maximum atomic E-state index is 10.3. The lowest BCUT2D eigenvalue weighted by Gasteiger charge is -2.14. The minimum Gasteiger partial charge on any atom is -0.314 e. The predicted octanol–water partition coefficient (Wildman–Crippen LogP) is -0.0820. The van der Waals surface area contributed by atoms with Gasteiger partial charge in [0.1, 0.15) is 0 Å². The van der Waals surface area contributed by atoms with E-state index in [9.17, 15) is 8.42 Å². The molecule has 1 N–H and O–H groups in total. The molecule has 0 heterocycles. The maximum Gasteiger partial charge on any atom is 0.383 e. The predicted molar refractivity (Wildman–Crippen MR) is 47.4 cm³/mol.